The van der Waals surface area contributed by atoms with E-state index in [1.54, 1.807) is 0 Å². The molecule has 16 heavy (non-hydrogen) atoms. The number of morpholine rings is 1. The molecule has 1 aliphatic heterocycles. The minimum atomic E-state index is 0.214. The lowest BCUT2D eigenvalue weighted by Crippen LogP contribution is -2.59. The number of ether oxygens (including phenoxy) is 1. The third-order valence-electron chi connectivity index (χ3n) is 4.02. The molecule has 2 unspecified atom stereocenters. The van der Waals surface area contributed by atoms with Crippen molar-refractivity contribution in [2.24, 2.45) is 5.73 Å². The van der Waals surface area contributed by atoms with Crippen molar-refractivity contribution in [1.82, 2.24) is 4.90 Å². The van der Waals surface area contributed by atoms with Crippen LogP contribution in [-0.4, -0.2) is 42.8 Å². The maximum absolute atomic E-state index is 6.04. The van der Waals surface area contributed by atoms with Crippen LogP contribution in [-0.2, 0) is 4.74 Å². The summed E-state index contributed by atoms with van der Waals surface area (Å²) in [5, 5.41) is 0. The maximum Gasteiger partial charge on any atom is 0.0700 e. The summed E-state index contributed by atoms with van der Waals surface area (Å²) in [6.45, 7) is 10.4. The Balaban J connectivity index is 2.69. The molecule has 0 radical (unpaired) electrons. The fourth-order valence-corrected chi connectivity index (χ4v) is 2.80. The lowest BCUT2D eigenvalue weighted by atomic mass is 9.87. The highest BCUT2D eigenvalue weighted by atomic mass is 16.5. The standard InChI is InChI=1S/C13H28N2O/c1-4-7-13(6-3,11-14)15-8-9-16-12(5-2)10-15/h12H,4-11,14H2,1-3H3. The zero-order valence-corrected chi connectivity index (χ0v) is 11.2. The van der Waals surface area contributed by atoms with Gasteiger partial charge in [-0.25, -0.2) is 0 Å². The monoisotopic (exact) mass is 228 g/mol. The number of nitrogens with two attached hydrogens (primary N) is 1. The molecule has 2 atom stereocenters. The molecule has 0 spiro atoms. The van der Waals surface area contributed by atoms with Gasteiger partial charge in [-0.3, -0.25) is 4.90 Å². The van der Waals surface area contributed by atoms with Gasteiger partial charge in [0.2, 0.25) is 0 Å². The van der Waals surface area contributed by atoms with Crippen molar-refractivity contribution in [3.63, 3.8) is 0 Å². The minimum Gasteiger partial charge on any atom is -0.376 e. The molecule has 1 rings (SSSR count). The summed E-state index contributed by atoms with van der Waals surface area (Å²) >= 11 is 0. The lowest BCUT2D eigenvalue weighted by Gasteiger charge is -2.47. The van der Waals surface area contributed by atoms with Crippen LogP contribution in [0.5, 0.6) is 0 Å². The fourth-order valence-electron chi connectivity index (χ4n) is 2.80. The predicted octanol–water partition coefficient (Wildman–Crippen LogP) is 2.00. The van der Waals surface area contributed by atoms with E-state index >= 15 is 0 Å². The molecule has 0 aromatic heterocycles. The second kappa shape index (κ2) is 6.58. The van der Waals surface area contributed by atoms with Crippen molar-refractivity contribution < 1.29 is 4.74 Å². The molecule has 1 aliphatic rings. The summed E-state index contributed by atoms with van der Waals surface area (Å²) in [4.78, 5) is 2.58. The first-order chi connectivity index (χ1) is 7.72. The molecule has 2 N–H and O–H groups in total. The Morgan fingerprint density at radius 3 is 2.62 bits per heavy atom. The molecule has 0 saturated carbocycles. The van der Waals surface area contributed by atoms with Crippen molar-refractivity contribution >= 4 is 0 Å². The molecule has 0 aromatic carbocycles. The lowest BCUT2D eigenvalue weighted by molar-refractivity contribution is -0.0725. The molecule has 3 nitrogen and oxygen atoms in total. The van der Waals surface area contributed by atoms with Gasteiger partial charge in [0.1, 0.15) is 0 Å². The van der Waals surface area contributed by atoms with E-state index < -0.39 is 0 Å². The number of nitrogens with zero attached hydrogens (tertiary/aromatic N) is 1. The van der Waals surface area contributed by atoms with Crippen LogP contribution in [0.15, 0.2) is 0 Å². The molecule has 1 heterocycles. The normalized spacial score (nSPS) is 26.6. The zero-order chi connectivity index (χ0) is 12.0. The van der Waals surface area contributed by atoms with E-state index in [1.807, 2.05) is 0 Å². The second-order valence-corrected chi connectivity index (χ2v) is 4.88. The molecule has 0 amide bonds. The smallest absolute Gasteiger partial charge is 0.0700 e. The largest absolute Gasteiger partial charge is 0.376 e. The first kappa shape index (κ1) is 13.9. The Bertz CT molecular complexity index is 192. The molecular weight excluding hydrogens is 200 g/mol. The van der Waals surface area contributed by atoms with E-state index in [9.17, 15) is 0 Å². The first-order valence-electron chi connectivity index (χ1n) is 6.79. The van der Waals surface area contributed by atoms with Gasteiger partial charge < -0.3 is 10.5 Å². The number of hydrogen-bond acceptors (Lipinski definition) is 3. The summed E-state index contributed by atoms with van der Waals surface area (Å²) in [5.74, 6) is 0. The van der Waals surface area contributed by atoms with E-state index in [4.69, 9.17) is 10.5 Å². The quantitative estimate of drug-likeness (QED) is 0.756. The van der Waals surface area contributed by atoms with Crippen LogP contribution in [0.25, 0.3) is 0 Å². The van der Waals surface area contributed by atoms with Crippen LogP contribution in [0.2, 0.25) is 0 Å². The molecule has 0 aliphatic carbocycles. The van der Waals surface area contributed by atoms with Crippen LogP contribution in [0, 0.1) is 0 Å². The molecule has 1 saturated heterocycles. The molecule has 3 heteroatoms. The van der Waals surface area contributed by atoms with Gasteiger partial charge in [-0.1, -0.05) is 27.2 Å². The fraction of sp³-hybridized carbons (Fsp3) is 1.00. The van der Waals surface area contributed by atoms with E-state index in [1.165, 1.54) is 12.8 Å². The third-order valence-corrected chi connectivity index (χ3v) is 4.02. The van der Waals surface area contributed by atoms with E-state index in [0.717, 1.165) is 39.1 Å². The van der Waals surface area contributed by atoms with Crippen LogP contribution in [0.3, 0.4) is 0 Å². The van der Waals surface area contributed by atoms with Crippen molar-refractivity contribution in [3.05, 3.63) is 0 Å². The highest BCUT2D eigenvalue weighted by Crippen LogP contribution is 2.27. The zero-order valence-electron chi connectivity index (χ0n) is 11.2. The highest BCUT2D eigenvalue weighted by Gasteiger charge is 2.35. The van der Waals surface area contributed by atoms with Gasteiger partial charge in [-0.2, -0.15) is 0 Å². The number of hydrogen-bond donors (Lipinski definition) is 1. The van der Waals surface area contributed by atoms with Crippen LogP contribution in [0.1, 0.15) is 46.5 Å². The average molecular weight is 228 g/mol. The van der Waals surface area contributed by atoms with E-state index in [-0.39, 0.29) is 5.54 Å². The molecule has 96 valence electrons. The summed E-state index contributed by atoms with van der Waals surface area (Å²) in [6, 6.07) is 0. The van der Waals surface area contributed by atoms with Crippen LogP contribution >= 0.6 is 0 Å². The molecule has 1 fully saturated rings. The van der Waals surface area contributed by atoms with Gasteiger partial charge in [0.25, 0.3) is 0 Å². The van der Waals surface area contributed by atoms with E-state index in [2.05, 4.69) is 25.7 Å². The maximum atomic E-state index is 6.04. The van der Waals surface area contributed by atoms with Crippen molar-refractivity contribution in [2.45, 2.75) is 58.1 Å². The Kier molecular flexibility index (Phi) is 5.73. The molecule has 0 bridgehead atoms. The van der Waals surface area contributed by atoms with Gasteiger partial charge in [0, 0.05) is 25.2 Å². The van der Waals surface area contributed by atoms with Crippen molar-refractivity contribution in [3.8, 4) is 0 Å². The van der Waals surface area contributed by atoms with Crippen molar-refractivity contribution in [1.29, 1.82) is 0 Å². The highest BCUT2D eigenvalue weighted by molar-refractivity contribution is 4.92. The topological polar surface area (TPSA) is 38.5 Å². The van der Waals surface area contributed by atoms with Gasteiger partial charge in [0.05, 0.1) is 12.7 Å². The van der Waals surface area contributed by atoms with Gasteiger partial charge >= 0.3 is 0 Å². The molecular formula is C13H28N2O. The van der Waals surface area contributed by atoms with Gasteiger partial charge in [-0.05, 0) is 19.3 Å². The summed E-state index contributed by atoms with van der Waals surface area (Å²) in [6.07, 6.45) is 5.07. The van der Waals surface area contributed by atoms with Crippen molar-refractivity contribution in [2.75, 3.05) is 26.2 Å². The second-order valence-electron chi connectivity index (χ2n) is 4.88. The van der Waals surface area contributed by atoms with Gasteiger partial charge in [0.15, 0.2) is 0 Å². The third kappa shape index (κ3) is 2.96. The minimum absolute atomic E-state index is 0.214. The average Bonchev–Trinajstić information content (AvgIpc) is 2.36. The Morgan fingerprint density at radius 1 is 1.38 bits per heavy atom. The summed E-state index contributed by atoms with van der Waals surface area (Å²) in [5.41, 5.74) is 6.25. The Hall–Kier alpha value is -0.120. The van der Waals surface area contributed by atoms with E-state index in [0.29, 0.717) is 6.10 Å². The first-order valence-corrected chi connectivity index (χ1v) is 6.79. The number of rotatable bonds is 6. The summed E-state index contributed by atoms with van der Waals surface area (Å²) < 4.78 is 5.74. The predicted molar refractivity (Wildman–Crippen MR) is 68.6 cm³/mol. The SMILES string of the molecule is CCCC(CC)(CN)N1CCOC(CC)C1. The Morgan fingerprint density at radius 2 is 2.12 bits per heavy atom. The molecule has 0 aromatic rings. The van der Waals surface area contributed by atoms with Gasteiger partial charge in [-0.15, -0.1) is 0 Å². The summed E-state index contributed by atoms with van der Waals surface area (Å²) in [7, 11) is 0. The van der Waals surface area contributed by atoms with Crippen LogP contribution in [0.4, 0.5) is 0 Å². The van der Waals surface area contributed by atoms with Crippen LogP contribution < -0.4 is 5.73 Å². The Labute approximate surface area is 100 Å².